The van der Waals surface area contributed by atoms with Gasteiger partial charge in [0.1, 0.15) is 5.82 Å². The van der Waals surface area contributed by atoms with Gasteiger partial charge in [-0.25, -0.2) is 24.5 Å². The first kappa shape index (κ1) is 24.2. The van der Waals surface area contributed by atoms with E-state index in [1.165, 1.54) is 12.1 Å². The molecule has 2 aromatic carbocycles. The SMILES string of the molecule is O=C(c1cc(F)ccc1Cl)c1c(Br)cc2[n-][nH]c2c1Br.[CH2-]C(F)(F)F.[O]=[W]. The third kappa shape index (κ3) is 6.62. The van der Waals surface area contributed by atoms with E-state index in [0.29, 0.717) is 34.3 Å². The van der Waals surface area contributed by atoms with E-state index in [4.69, 9.17) is 15.0 Å². The molecule has 27 heavy (non-hydrogen) atoms. The molecule has 0 saturated heterocycles. The van der Waals surface area contributed by atoms with Crippen LogP contribution in [0.3, 0.4) is 0 Å². The zero-order chi connectivity index (χ0) is 20.9. The first-order chi connectivity index (χ1) is 12.5. The number of nitrogens with one attached hydrogen (secondary N) is 1. The molecule has 0 bridgehead atoms. The summed E-state index contributed by atoms with van der Waals surface area (Å²) in [4.78, 5) is 12.6. The third-order valence-electron chi connectivity index (χ3n) is 2.89. The van der Waals surface area contributed by atoms with Crippen LogP contribution in [0.25, 0.3) is 11.0 Å². The van der Waals surface area contributed by atoms with Crippen LogP contribution in [0.2, 0.25) is 5.02 Å². The van der Waals surface area contributed by atoms with Gasteiger partial charge in [0.25, 0.3) is 6.18 Å². The molecule has 0 aliphatic carbocycles. The van der Waals surface area contributed by atoms with Crippen LogP contribution >= 0.6 is 43.5 Å². The molecule has 1 aromatic heterocycles. The van der Waals surface area contributed by atoms with Crippen molar-refractivity contribution in [3.05, 3.63) is 62.1 Å². The number of H-pyrrole nitrogens is 1. The Morgan fingerprint density at radius 1 is 1.22 bits per heavy atom. The minimum atomic E-state index is -4.25. The summed E-state index contributed by atoms with van der Waals surface area (Å²) in [5, 5.41) is 6.91. The molecule has 12 heteroatoms. The van der Waals surface area contributed by atoms with Gasteiger partial charge in [-0.3, -0.25) is 4.79 Å². The summed E-state index contributed by atoms with van der Waals surface area (Å²) in [6.07, 6.45) is -4.25. The number of aromatic nitrogens is 2. The molecule has 0 aliphatic heterocycles. The Morgan fingerprint density at radius 3 is 2.26 bits per heavy atom. The zero-order valence-corrected chi connectivity index (χ0v) is 19.7. The molecule has 3 aromatic rings. The fourth-order valence-corrected chi connectivity index (χ4v) is 3.63. The quantitative estimate of drug-likeness (QED) is 0.205. The van der Waals surface area contributed by atoms with Crippen molar-refractivity contribution >= 4 is 60.3 Å². The Morgan fingerprint density at radius 2 is 1.78 bits per heavy atom. The normalized spacial score (nSPS) is 10.7. The van der Waals surface area contributed by atoms with Gasteiger partial charge in [0.05, 0.1) is 15.1 Å². The monoisotopic (exact) mass is 700 g/mol. The number of carbonyl (C=O) groups excluding carboxylic acids is 1. The Kier molecular flexibility index (Phi) is 9.05. The van der Waals surface area contributed by atoms with Gasteiger partial charge in [-0.05, 0) is 34.1 Å². The van der Waals surface area contributed by atoms with Gasteiger partial charge in [0.15, 0.2) is 5.78 Å². The Bertz CT molecular complexity index is 953. The van der Waals surface area contributed by atoms with Gasteiger partial charge in [-0.1, -0.05) is 39.1 Å². The van der Waals surface area contributed by atoms with E-state index in [1.54, 1.807) is 13.0 Å². The standard InChI is InChI=1S/C13H6Br2ClFN2O.C2H2F3.O.W/c14-7-4-9-12(19-18-9)11(15)10(7)13(20)6-3-5(17)1-2-8(6)16;1-2(3,4)5;;/h1-4,19H,(H,18,20);1H2;;/q;-1;;/p-1. The van der Waals surface area contributed by atoms with E-state index in [-0.39, 0.29) is 16.4 Å². The number of ketones is 1. The second kappa shape index (κ2) is 10.1. The molecule has 0 spiro atoms. The molecule has 0 unspecified atom stereocenters. The van der Waals surface area contributed by atoms with Crippen molar-refractivity contribution in [3.8, 4) is 0 Å². The first-order valence-corrected chi connectivity index (χ1v) is 9.72. The van der Waals surface area contributed by atoms with E-state index < -0.39 is 12.0 Å². The number of alkyl halides is 3. The van der Waals surface area contributed by atoms with Gasteiger partial charge in [-0.15, -0.1) is 0 Å². The molecule has 1 heterocycles. The van der Waals surface area contributed by atoms with Crippen LogP contribution < -0.4 is 5.10 Å². The summed E-state index contributed by atoms with van der Waals surface area (Å²) in [7, 11) is 0. The van der Waals surface area contributed by atoms with Gasteiger partial charge in [0, 0.05) is 15.6 Å². The molecule has 4 nitrogen and oxygen atoms in total. The number of aromatic amines is 1. The number of rotatable bonds is 2. The van der Waals surface area contributed by atoms with Crippen molar-refractivity contribution in [2.45, 2.75) is 6.18 Å². The summed E-state index contributed by atoms with van der Waals surface area (Å²) in [6.45, 7) is 1.77. The van der Waals surface area contributed by atoms with Crippen LogP contribution in [0.15, 0.2) is 33.2 Å². The van der Waals surface area contributed by atoms with Crippen LogP contribution in [0.1, 0.15) is 15.9 Å². The van der Waals surface area contributed by atoms with Crippen LogP contribution in [-0.4, -0.2) is 17.1 Å². The van der Waals surface area contributed by atoms with E-state index in [1.807, 2.05) is 0 Å². The third-order valence-corrected chi connectivity index (χ3v) is 4.63. The number of hydrogen-bond acceptors (Lipinski definition) is 2. The number of halogens is 7. The summed E-state index contributed by atoms with van der Waals surface area (Å²) in [5.74, 6) is -0.883. The molecule has 0 amide bonds. The molecule has 0 aliphatic rings. The van der Waals surface area contributed by atoms with Crippen LogP contribution in [-0.2, 0) is 23.2 Å². The molecule has 0 radical (unpaired) electrons. The Labute approximate surface area is 183 Å². The second-order valence-electron chi connectivity index (χ2n) is 4.73. The number of benzene rings is 2. The number of hydrogen-bond donors (Lipinski definition) is 1. The van der Waals surface area contributed by atoms with E-state index >= 15 is 0 Å². The number of carbonyl (C=O) groups is 1. The predicted molar refractivity (Wildman–Crippen MR) is 94.0 cm³/mol. The summed E-state index contributed by atoms with van der Waals surface area (Å²) < 4.78 is 53.5. The molecule has 3 rings (SSSR count). The van der Waals surface area contributed by atoms with Gasteiger partial charge in [0.2, 0.25) is 0 Å². The van der Waals surface area contributed by atoms with Gasteiger partial charge >= 0.3 is 23.2 Å². The first-order valence-electron chi connectivity index (χ1n) is 6.56. The summed E-state index contributed by atoms with van der Waals surface area (Å²) in [5.41, 5.74) is 1.96. The summed E-state index contributed by atoms with van der Waals surface area (Å²) >= 11 is 13.0. The fourth-order valence-electron chi connectivity index (χ4n) is 1.88. The Balaban J connectivity index is 0.000000454. The molecule has 0 atom stereocenters. The maximum atomic E-state index is 13.3. The van der Waals surface area contributed by atoms with E-state index in [9.17, 15) is 22.4 Å². The Hall–Kier alpha value is -0.832. The molecule has 146 valence electrons. The van der Waals surface area contributed by atoms with E-state index in [2.05, 4.69) is 42.1 Å². The van der Waals surface area contributed by atoms with Crippen LogP contribution in [0, 0.1) is 12.7 Å². The molecular weight excluding hydrogens is 695 g/mol. The molecule has 0 saturated carbocycles. The van der Waals surface area contributed by atoms with Crippen molar-refractivity contribution in [2.75, 3.05) is 0 Å². The van der Waals surface area contributed by atoms with Crippen molar-refractivity contribution in [3.63, 3.8) is 0 Å². The van der Waals surface area contributed by atoms with Crippen LogP contribution in [0.4, 0.5) is 17.6 Å². The van der Waals surface area contributed by atoms with E-state index in [0.717, 1.165) is 17.1 Å². The average molecular weight is 702 g/mol. The van der Waals surface area contributed by atoms with Crippen molar-refractivity contribution < 1.29 is 45.5 Å². The van der Waals surface area contributed by atoms with Crippen molar-refractivity contribution in [1.82, 2.24) is 10.2 Å². The summed E-state index contributed by atoms with van der Waals surface area (Å²) in [6, 6.07) is 5.42. The molecule has 1 N–H and O–H groups in total. The molecular formula is C15H7Br2ClF4N2O2W-2. The fraction of sp³-hybridized carbons (Fsp3) is 0.0667. The van der Waals surface area contributed by atoms with Crippen LogP contribution in [0.5, 0.6) is 0 Å². The van der Waals surface area contributed by atoms with Gasteiger partial charge < -0.3 is 10.2 Å². The van der Waals surface area contributed by atoms with Crippen molar-refractivity contribution in [2.24, 2.45) is 0 Å². The zero-order valence-electron chi connectivity index (χ0n) is 12.8. The predicted octanol–water partition coefficient (Wildman–Crippen LogP) is 5.94. The average Bonchev–Trinajstić information content (AvgIpc) is 2.53. The molecule has 0 fully saturated rings. The van der Waals surface area contributed by atoms with Crippen molar-refractivity contribution in [1.29, 1.82) is 0 Å². The number of nitrogens with zero attached hydrogens (tertiary/aromatic N) is 1. The number of fused-ring (bicyclic) bond motifs is 1. The maximum absolute atomic E-state index is 13.3. The topological polar surface area (TPSA) is 64.0 Å². The second-order valence-corrected chi connectivity index (χ2v) is 6.79. The minimum absolute atomic E-state index is 0.115. The van der Waals surface area contributed by atoms with Gasteiger partial charge in [-0.2, -0.15) is 0 Å².